The van der Waals surface area contributed by atoms with Crippen molar-refractivity contribution in [3.8, 4) is 0 Å². The van der Waals surface area contributed by atoms with Crippen molar-refractivity contribution in [2.75, 3.05) is 13.6 Å². The minimum atomic E-state index is -1.53. The average Bonchev–Trinajstić information content (AvgIpc) is 3.21. The SMILES string of the molecule is CC.CC.CC(Cc1ccccc1)NC(=O)CC(C)(C)CCC(C)(C)NC(=O)CCC(NC(=O)NC(CCC(=O)O)C(=O)O)C(=O)O.CNC(=O)CNC=O.Cc1ccccc1. The smallest absolute Gasteiger partial charge is 0.326 e. The van der Waals surface area contributed by atoms with Gasteiger partial charge in [-0.05, 0) is 70.8 Å². The summed E-state index contributed by atoms with van der Waals surface area (Å²) < 4.78 is 0. The Labute approximate surface area is 368 Å². The highest BCUT2D eigenvalue weighted by Gasteiger charge is 2.29. The minimum Gasteiger partial charge on any atom is -0.481 e. The molecule has 3 atom stereocenters. The van der Waals surface area contributed by atoms with Crippen LogP contribution in [0.5, 0.6) is 0 Å². The molecule has 0 fully saturated rings. The van der Waals surface area contributed by atoms with Gasteiger partial charge in [0, 0.05) is 37.9 Å². The molecule has 0 saturated carbocycles. The summed E-state index contributed by atoms with van der Waals surface area (Å²) in [5.41, 5.74) is 1.46. The molecule has 17 heteroatoms. The van der Waals surface area contributed by atoms with Gasteiger partial charge in [-0.15, -0.1) is 0 Å². The number of benzene rings is 2. The Morgan fingerprint density at radius 2 is 1.16 bits per heavy atom. The molecule has 9 N–H and O–H groups in total. The molecule has 62 heavy (non-hydrogen) atoms. The molecule has 0 heterocycles. The Kier molecular flexibility index (Phi) is 33.7. The molecule has 0 spiro atoms. The van der Waals surface area contributed by atoms with E-state index < -0.39 is 53.9 Å². The molecule has 6 amide bonds. The Bertz CT molecular complexity index is 1610. The lowest BCUT2D eigenvalue weighted by Gasteiger charge is -2.32. The topological polar surface area (TPSA) is 269 Å². The van der Waals surface area contributed by atoms with Gasteiger partial charge in [0.1, 0.15) is 12.1 Å². The molecular formula is C45H74N6O11. The lowest BCUT2D eigenvalue weighted by atomic mass is 9.80. The first-order valence-electron chi connectivity index (χ1n) is 20.9. The highest BCUT2D eigenvalue weighted by atomic mass is 16.4. The largest absolute Gasteiger partial charge is 0.481 e. The molecule has 3 unspecified atom stereocenters. The van der Waals surface area contributed by atoms with Gasteiger partial charge < -0.3 is 47.2 Å². The van der Waals surface area contributed by atoms with Crippen molar-refractivity contribution in [1.82, 2.24) is 31.9 Å². The maximum absolute atomic E-state index is 12.7. The Morgan fingerprint density at radius 3 is 1.58 bits per heavy atom. The zero-order valence-electron chi connectivity index (χ0n) is 38.6. The minimum absolute atomic E-state index is 0.0212. The summed E-state index contributed by atoms with van der Waals surface area (Å²) in [5.74, 6) is -4.82. The van der Waals surface area contributed by atoms with E-state index in [1.807, 2.05) is 116 Å². The monoisotopic (exact) mass is 875 g/mol. The second kappa shape index (κ2) is 34.7. The van der Waals surface area contributed by atoms with Crippen molar-refractivity contribution in [1.29, 1.82) is 0 Å². The predicted octanol–water partition coefficient (Wildman–Crippen LogP) is 5.20. The predicted molar refractivity (Wildman–Crippen MR) is 240 cm³/mol. The van der Waals surface area contributed by atoms with Gasteiger partial charge in [0.25, 0.3) is 0 Å². The quantitative estimate of drug-likeness (QED) is 0.0694. The van der Waals surface area contributed by atoms with Crippen molar-refractivity contribution in [3.05, 3.63) is 71.8 Å². The van der Waals surface area contributed by atoms with Gasteiger partial charge in [0.05, 0.1) is 6.54 Å². The first-order valence-corrected chi connectivity index (χ1v) is 20.9. The van der Waals surface area contributed by atoms with Crippen LogP contribution in [0.2, 0.25) is 0 Å². The van der Waals surface area contributed by atoms with Crippen LogP contribution in [0.3, 0.4) is 0 Å². The summed E-state index contributed by atoms with van der Waals surface area (Å²) in [7, 11) is 1.51. The van der Waals surface area contributed by atoms with Crippen LogP contribution >= 0.6 is 0 Å². The normalized spacial score (nSPS) is 11.6. The number of urea groups is 1. The summed E-state index contributed by atoms with van der Waals surface area (Å²) in [6, 6.07) is 16.0. The van der Waals surface area contributed by atoms with E-state index in [0.29, 0.717) is 25.7 Å². The van der Waals surface area contributed by atoms with Crippen LogP contribution in [0.15, 0.2) is 60.7 Å². The van der Waals surface area contributed by atoms with Crippen LogP contribution in [0.1, 0.15) is 118 Å². The van der Waals surface area contributed by atoms with Gasteiger partial charge in [-0.3, -0.25) is 24.0 Å². The van der Waals surface area contributed by atoms with E-state index in [0.717, 1.165) is 12.0 Å². The number of amides is 6. The third-order valence-corrected chi connectivity index (χ3v) is 8.41. The van der Waals surface area contributed by atoms with Crippen LogP contribution in [-0.2, 0) is 40.0 Å². The molecule has 2 aromatic carbocycles. The van der Waals surface area contributed by atoms with Crippen molar-refractivity contribution >= 4 is 48.1 Å². The van der Waals surface area contributed by atoms with Gasteiger partial charge in [0.15, 0.2) is 0 Å². The van der Waals surface area contributed by atoms with Gasteiger partial charge in [0.2, 0.25) is 24.1 Å². The summed E-state index contributed by atoms with van der Waals surface area (Å²) in [6.45, 7) is 19.7. The van der Waals surface area contributed by atoms with Gasteiger partial charge in [-0.25, -0.2) is 14.4 Å². The highest BCUT2D eigenvalue weighted by Crippen LogP contribution is 2.30. The van der Waals surface area contributed by atoms with Gasteiger partial charge >= 0.3 is 23.9 Å². The zero-order valence-corrected chi connectivity index (χ0v) is 38.6. The summed E-state index contributed by atoms with van der Waals surface area (Å²) in [4.78, 5) is 90.8. The fourth-order valence-corrected chi connectivity index (χ4v) is 5.19. The number of rotatable bonds is 22. The maximum Gasteiger partial charge on any atom is 0.326 e. The molecule has 0 bridgehead atoms. The van der Waals surface area contributed by atoms with Gasteiger partial charge in [-0.1, -0.05) is 108 Å². The third-order valence-electron chi connectivity index (χ3n) is 8.41. The summed E-state index contributed by atoms with van der Waals surface area (Å²) >= 11 is 0. The fourth-order valence-electron chi connectivity index (χ4n) is 5.19. The van der Waals surface area contributed by atoms with E-state index in [1.165, 1.54) is 12.6 Å². The Hall–Kier alpha value is -6.00. The van der Waals surface area contributed by atoms with Crippen LogP contribution < -0.4 is 31.9 Å². The van der Waals surface area contributed by atoms with E-state index in [2.05, 4.69) is 45.6 Å². The van der Waals surface area contributed by atoms with Crippen molar-refractivity contribution < 1.29 is 53.7 Å². The molecule has 17 nitrogen and oxygen atoms in total. The lowest BCUT2D eigenvalue weighted by molar-refractivity contribution is -0.141. The maximum atomic E-state index is 12.7. The molecular weight excluding hydrogens is 801 g/mol. The highest BCUT2D eigenvalue weighted by molar-refractivity contribution is 5.87. The number of hydrogen-bond acceptors (Lipinski definition) is 8. The number of aryl methyl sites for hydroxylation is 1. The van der Waals surface area contributed by atoms with Crippen molar-refractivity contribution in [3.63, 3.8) is 0 Å². The van der Waals surface area contributed by atoms with Gasteiger partial charge in [-0.2, -0.15) is 0 Å². The zero-order chi connectivity index (χ0) is 48.3. The van der Waals surface area contributed by atoms with Crippen LogP contribution in [-0.4, -0.2) is 101 Å². The van der Waals surface area contributed by atoms with E-state index in [4.69, 9.17) is 10.2 Å². The number of carbonyl (C=O) groups is 8. The standard InChI is InChI=1S/C30H46N4O9.C7H8.C4H8N2O2.2C2H6/c1-19(17-20-9-7-6-8-10-20)31-24(36)18-29(2,3)15-16-30(4,5)34-23(35)13-11-21(26(39)40)32-28(43)33-22(27(41)42)12-14-25(37)38;1-7-5-3-2-4-6-7;1-5-4(8)2-6-3-7;2*1-2/h6-10,19,21-22H,11-18H2,1-5H3,(H,31,36)(H,34,35)(H,37,38)(H,39,40)(H,41,42)(H2,32,33,43);2-6H,1H3;3H,2H2,1H3,(H,5,8)(H,6,7);2*1-2H3. The number of carbonyl (C=O) groups excluding carboxylic acids is 5. The number of carboxylic acids is 3. The molecule has 0 radical (unpaired) electrons. The number of likely N-dealkylation sites (N-methyl/N-ethyl adjacent to an activating group) is 1. The van der Waals surface area contributed by atoms with E-state index in [1.54, 1.807) is 0 Å². The van der Waals surface area contributed by atoms with E-state index in [-0.39, 0.29) is 49.1 Å². The Morgan fingerprint density at radius 1 is 0.677 bits per heavy atom. The van der Waals surface area contributed by atoms with Crippen LogP contribution in [0, 0.1) is 12.3 Å². The third kappa shape index (κ3) is 33.8. The number of aliphatic carboxylic acids is 3. The van der Waals surface area contributed by atoms with E-state index >= 15 is 0 Å². The summed E-state index contributed by atoms with van der Waals surface area (Å²) in [5, 5.41) is 42.0. The van der Waals surface area contributed by atoms with Crippen molar-refractivity contribution in [2.24, 2.45) is 5.41 Å². The molecule has 0 aromatic heterocycles. The molecule has 0 aliphatic rings. The second-order valence-corrected chi connectivity index (χ2v) is 15.1. The number of carboxylic acid groups (broad SMARTS) is 3. The molecule has 0 saturated heterocycles. The van der Waals surface area contributed by atoms with E-state index in [9.17, 15) is 43.5 Å². The van der Waals surface area contributed by atoms with Crippen LogP contribution in [0.25, 0.3) is 0 Å². The summed E-state index contributed by atoms with van der Waals surface area (Å²) in [6.07, 6.45) is 1.32. The fraction of sp³-hybridized carbons (Fsp3) is 0.556. The first kappa shape index (κ1) is 60.3. The lowest BCUT2D eigenvalue weighted by Crippen LogP contribution is -2.51. The molecule has 2 aromatic rings. The molecule has 2 rings (SSSR count). The Balaban J connectivity index is -0.00000151. The molecule has 0 aliphatic carbocycles. The molecule has 0 aliphatic heterocycles. The average molecular weight is 875 g/mol. The van der Waals surface area contributed by atoms with Crippen LogP contribution in [0.4, 0.5) is 4.79 Å². The number of hydrogen-bond donors (Lipinski definition) is 9. The van der Waals surface area contributed by atoms with Crippen molar-refractivity contribution in [2.45, 2.75) is 144 Å². The first-order chi connectivity index (χ1) is 29.1. The molecule has 350 valence electrons. The second-order valence-electron chi connectivity index (χ2n) is 15.1. The number of nitrogens with one attached hydrogen (secondary N) is 6.